The van der Waals surface area contributed by atoms with Crippen LogP contribution in [-0.4, -0.2) is 0 Å². The van der Waals surface area contributed by atoms with E-state index in [1.807, 2.05) is 0 Å². The van der Waals surface area contributed by atoms with E-state index in [0.717, 1.165) is 18.3 Å². The summed E-state index contributed by atoms with van der Waals surface area (Å²) in [5.41, 5.74) is 10.2. The van der Waals surface area contributed by atoms with Crippen LogP contribution in [0.4, 0.5) is 0 Å². The molecule has 3 rings (SSSR count). The quantitative estimate of drug-likeness (QED) is 0.583. The van der Waals surface area contributed by atoms with Gasteiger partial charge < -0.3 is 0 Å². The highest BCUT2D eigenvalue weighted by atomic mass is 14.2. The fourth-order valence-corrected chi connectivity index (χ4v) is 4.21. The Hall–Kier alpha value is -1.56. The fourth-order valence-electron chi connectivity index (χ4n) is 4.21. The van der Waals surface area contributed by atoms with E-state index in [-0.39, 0.29) is 0 Å². The second kappa shape index (κ2) is 7.13. The zero-order chi connectivity index (χ0) is 17.3. The van der Waals surface area contributed by atoms with Crippen LogP contribution in [0.25, 0.3) is 0 Å². The molecule has 0 spiro atoms. The van der Waals surface area contributed by atoms with E-state index in [0.29, 0.717) is 0 Å². The summed E-state index contributed by atoms with van der Waals surface area (Å²) in [6, 6.07) is 12.0. The molecular weight excluding hydrogens is 288 g/mol. The lowest BCUT2D eigenvalue weighted by molar-refractivity contribution is 0.348. The number of hydrogen-bond donors (Lipinski definition) is 0. The molecule has 0 radical (unpaired) electrons. The molecule has 0 aliphatic heterocycles. The van der Waals surface area contributed by atoms with Crippen LogP contribution >= 0.6 is 0 Å². The second-order valence-electron chi connectivity index (χ2n) is 8.17. The molecule has 0 heterocycles. The third-order valence-electron chi connectivity index (χ3n) is 6.24. The van der Waals surface area contributed by atoms with Gasteiger partial charge in [-0.3, -0.25) is 0 Å². The van der Waals surface area contributed by atoms with Crippen LogP contribution in [-0.2, 0) is 6.42 Å². The van der Waals surface area contributed by atoms with E-state index < -0.39 is 0 Å². The van der Waals surface area contributed by atoms with Crippen molar-refractivity contribution in [2.75, 3.05) is 0 Å². The van der Waals surface area contributed by atoms with Crippen molar-refractivity contribution in [2.24, 2.45) is 5.92 Å². The lowest BCUT2D eigenvalue weighted by Crippen LogP contribution is -2.11. The largest absolute Gasteiger partial charge is 0.0625 e. The minimum atomic E-state index is 0.790. The van der Waals surface area contributed by atoms with Crippen molar-refractivity contribution in [1.82, 2.24) is 0 Å². The molecule has 1 aliphatic carbocycles. The number of rotatable bonds is 3. The highest BCUT2D eigenvalue weighted by Gasteiger charge is 2.20. The highest BCUT2D eigenvalue weighted by Crippen LogP contribution is 2.36. The Labute approximate surface area is 148 Å². The van der Waals surface area contributed by atoms with E-state index in [1.54, 1.807) is 5.56 Å². The predicted octanol–water partition coefficient (Wildman–Crippen LogP) is 6.80. The SMILES string of the molecule is Cc1cc(C2CCC(C)CC2)ccc1Cc1cc(C)c(C)c(C)c1. The van der Waals surface area contributed by atoms with Gasteiger partial charge in [0, 0.05) is 0 Å². The van der Waals surface area contributed by atoms with Crippen LogP contribution in [0.3, 0.4) is 0 Å². The molecule has 0 nitrogen and oxygen atoms in total. The van der Waals surface area contributed by atoms with Crippen molar-refractivity contribution in [3.8, 4) is 0 Å². The van der Waals surface area contributed by atoms with Gasteiger partial charge in [0.2, 0.25) is 0 Å². The number of benzene rings is 2. The van der Waals surface area contributed by atoms with E-state index >= 15 is 0 Å². The van der Waals surface area contributed by atoms with Crippen molar-refractivity contribution < 1.29 is 0 Å². The average Bonchev–Trinajstić information content (AvgIpc) is 2.55. The topological polar surface area (TPSA) is 0 Å². The lowest BCUT2D eigenvalue weighted by Gasteiger charge is -2.27. The van der Waals surface area contributed by atoms with Crippen LogP contribution in [0.5, 0.6) is 0 Å². The molecule has 1 aliphatic rings. The number of aryl methyl sites for hydroxylation is 3. The summed E-state index contributed by atoms with van der Waals surface area (Å²) in [7, 11) is 0. The first-order valence-corrected chi connectivity index (χ1v) is 9.60. The van der Waals surface area contributed by atoms with Gasteiger partial charge in [-0.2, -0.15) is 0 Å². The Morgan fingerprint density at radius 1 is 0.792 bits per heavy atom. The zero-order valence-corrected chi connectivity index (χ0v) is 16.1. The Kier molecular flexibility index (Phi) is 5.13. The second-order valence-corrected chi connectivity index (χ2v) is 8.17. The molecule has 0 bridgehead atoms. The first-order valence-electron chi connectivity index (χ1n) is 9.60. The third kappa shape index (κ3) is 3.74. The first kappa shape index (κ1) is 17.3. The summed E-state index contributed by atoms with van der Waals surface area (Å²) in [4.78, 5) is 0. The summed E-state index contributed by atoms with van der Waals surface area (Å²) < 4.78 is 0. The molecule has 0 heteroatoms. The highest BCUT2D eigenvalue weighted by molar-refractivity contribution is 5.41. The lowest BCUT2D eigenvalue weighted by atomic mass is 9.79. The van der Waals surface area contributed by atoms with E-state index in [2.05, 4.69) is 65.0 Å². The van der Waals surface area contributed by atoms with Crippen molar-refractivity contribution in [1.29, 1.82) is 0 Å². The smallest absolute Gasteiger partial charge is 0.00229 e. The summed E-state index contributed by atoms with van der Waals surface area (Å²) in [6.45, 7) is 11.4. The van der Waals surface area contributed by atoms with Crippen molar-refractivity contribution in [3.63, 3.8) is 0 Å². The molecule has 1 fully saturated rings. The molecule has 0 saturated heterocycles. The molecule has 24 heavy (non-hydrogen) atoms. The molecule has 0 amide bonds. The molecule has 0 N–H and O–H groups in total. The fraction of sp³-hybridized carbons (Fsp3) is 0.500. The minimum absolute atomic E-state index is 0.790. The van der Waals surface area contributed by atoms with Gasteiger partial charge in [0.05, 0.1) is 0 Å². The Morgan fingerprint density at radius 2 is 1.42 bits per heavy atom. The zero-order valence-electron chi connectivity index (χ0n) is 16.1. The van der Waals surface area contributed by atoms with E-state index in [1.165, 1.54) is 59.1 Å². The van der Waals surface area contributed by atoms with Crippen LogP contribution in [0.1, 0.15) is 77.5 Å². The molecule has 0 atom stereocenters. The van der Waals surface area contributed by atoms with E-state index in [4.69, 9.17) is 0 Å². The average molecular weight is 321 g/mol. The molecule has 2 aromatic carbocycles. The molecule has 0 unspecified atom stereocenters. The van der Waals surface area contributed by atoms with Crippen molar-refractivity contribution in [2.45, 2.75) is 72.6 Å². The summed E-state index contributed by atoms with van der Waals surface area (Å²) in [5, 5.41) is 0. The molecule has 128 valence electrons. The summed E-state index contributed by atoms with van der Waals surface area (Å²) in [5.74, 6) is 1.72. The van der Waals surface area contributed by atoms with Gasteiger partial charge in [0.25, 0.3) is 0 Å². The van der Waals surface area contributed by atoms with Crippen LogP contribution in [0.15, 0.2) is 30.3 Å². The predicted molar refractivity (Wildman–Crippen MR) is 105 cm³/mol. The standard InChI is InChI=1S/C24H32/c1-16-6-8-22(9-7-16)24-11-10-23(19(4)14-24)15-21-12-17(2)20(5)18(3)13-21/h10-14,16,22H,6-9,15H2,1-5H3. The van der Waals surface area contributed by atoms with Gasteiger partial charge in [0.15, 0.2) is 0 Å². The van der Waals surface area contributed by atoms with Crippen LogP contribution in [0, 0.1) is 33.6 Å². The van der Waals surface area contributed by atoms with Gasteiger partial charge in [0.1, 0.15) is 0 Å². The van der Waals surface area contributed by atoms with Crippen molar-refractivity contribution >= 4 is 0 Å². The van der Waals surface area contributed by atoms with E-state index in [9.17, 15) is 0 Å². The molecule has 0 aromatic heterocycles. The normalized spacial score (nSPS) is 21.0. The maximum absolute atomic E-state index is 2.46. The Balaban J connectivity index is 1.78. The Bertz CT molecular complexity index is 692. The monoisotopic (exact) mass is 320 g/mol. The maximum Gasteiger partial charge on any atom is -0.00229 e. The van der Waals surface area contributed by atoms with Gasteiger partial charge in [-0.15, -0.1) is 0 Å². The van der Waals surface area contributed by atoms with Crippen molar-refractivity contribution in [3.05, 3.63) is 69.3 Å². The van der Waals surface area contributed by atoms with Crippen LogP contribution in [0.2, 0.25) is 0 Å². The summed E-state index contributed by atoms with van der Waals surface area (Å²) in [6.07, 6.45) is 6.59. The van der Waals surface area contributed by atoms with Gasteiger partial charge in [-0.25, -0.2) is 0 Å². The summed E-state index contributed by atoms with van der Waals surface area (Å²) >= 11 is 0. The minimum Gasteiger partial charge on any atom is -0.0625 e. The number of hydrogen-bond acceptors (Lipinski definition) is 0. The van der Waals surface area contributed by atoms with Gasteiger partial charge in [-0.1, -0.05) is 50.1 Å². The molecular formula is C24H32. The van der Waals surface area contributed by atoms with Gasteiger partial charge in [-0.05, 0) is 97.7 Å². The van der Waals surface area contributed by atoms with Crippen LogP contribution < -0.4 is 0 Å². The van der Waals surface area contributed by atoms with Gasteiger partial charge >= 0.3 is 0 Å². The maximum atomic E-state index is 2.46. The molecule has 2 aromatic rings. The molecule has 1 saturated carbocycles. The Morgan fingerprint density at radius 3 is 2.00 bits per heavy atom. The third-order valence-corrected chi connectivity index (χ3v) is 6.24. The first-order chi connectivity index (χ1) is 11.4.